The summed E-state index contributed by atoms with van der Waals surface area (Å²) in [5, 5.41) is 0. The molecule has 0 bridgehead atoms. The Balaban J connectivity index is 1.17. The van der Waals surface area contributed by atoms with Crippen LogP contribution >= 0.6 is 0 Å². The number of piperazine rings is 1. The summed E-state index contributed by atoms with van der Waals surface area (Å²) in [5.41, 5.74) is 0.186. The smallest absolute Gasteiger partial charge is 0.311 e. The number of carbonyl (C=O) groups excluding carboxylic acids is 1. The van der Waals surface area contributed by atoms with Crippen LogP contribution in [0, 0.1) is 29.5 Å². The molecule has 3 saturated heterocycles. The number of benzene rings is 1. The maximum absolute atomic E-state index is 14.2. The van der Waals surface area contributed by atoms with Crippen LogP contribution in [0.4, 0.5) is 10.1 Å². The Morgan fingerprint density at radius 1 is 1.10 bits per heavy atom. The van der Waals surface area contributed by atoms with Gasteiger partial charge in [-0.3, -0.25) is 9.69 Å². The van der Waals surface area contributed by atoms with Crippen LogP contribution < -0.4 is 4.90 Å². The van der Waals surface area contributed by atoms with Gasteiger partial charge in [0.25, 0.3) is 0 Å². The zero-order chi connectivity index (χ0) is 21.4. The summed E-state index contributed by atoms with van der Waals surface area (Å²) in [5.74, 6) is 1.03. The fourth-order valence-corrected chi connectivity index (χ4v) is 7.42. The van der Waals surface area contributed by atoms with E-state index in [0.717, 1.165) is 52.0 Å². The molecule has 0 unspecified atom stereocenters. The summed E-state index contributed by atoms with van der Waals surface area (Å²) >= 11 is 0. The third-order valence-electron chi connectivity index (χ3n) is 9.11. The molecule has 0 aromatic heterocycles. The second-order valence-electron chi connectivity index (χ2n) is 10.7. The van der Waals surface area contributed by atoms with Gasteiger partial charge >= 0.3 is 5.97 Å². The first-order valence-electron chi connectivity index (χ1n) is 12.0. The van der Waals surface area contributed by atoms with E-state index in [1.165, 1.54) is 12.5 Å². The number of epoxide rings is 1. The zero-order valence-corrected chi connectivity index (χ0v) is 18.6. The van der Waals surface area contributed by atoms with Crippen molar-refractivity contribution in [1.29, 1.82) is 0 Å². The van der Waals surface area contributed by atoms with Crippen molar-refractivity contribution in [2.75, 3.05) is 37.6 Å². The lowest BCUT2D eigenvalue weighted by Gasteiger charge is -2.50. The first kappa shape index (κ1) is 20.0. The molecule has 5 nitrogen and oxygen atoms in total. The standard InChI is InChI=1S/C25H33FN2O3/c1-16-7-8-19-17(22(29)30-25(19)18(16)9-10-24(2)23(25)31-24)15-27-11-13-28(14-12-27)21-6-4-3-5-20(21)26/h3-6,16-19,23H,7-15H2,1-2H3/t16-,17+,18-,19-,23-,24-,25-/m1/s1. The molecule has 1 aromatic rings. The van der Waals surface area contributed by atoms with Crippen LogP contribution in [0.5, 0.6) is 0 Å². The number of halogens is 1. The minimum Gasteiger partial charge on any atom is -0.455 e. The Labute approximate surface area is 183 Å². The molecule has 5 fully saturated rings. The molecule has 1 aromatic carbocycles. The molecule has 3 heterocycles. The van der Waals surface area contributed by atoms with E-state index in [1.54, 1.807) is 6.07 Å². The molecule has 0 radical (unpaired) electrons. The Bertz CT molecular complexity index is 887. The highest BCUT2D eigenvalue weighted by Gasteiger charge is 2.77. The van der Waals surface area contributed by atoms with Crippen molar-refractivity contribution < 1.29 is 18.7 Å². The van der Waals surface area contributed by atoms with Gasteiger partial charge in [-0.25, -0.2) is 4.39 Å². The van der Waals surface area contributed by atoms with E-state index in [9.17, 15) is 9.18 Å². The SMILES string of the molecule is C[C@@H]1CC[C@@H]2[C@H](CN3CCN(c4ccccc4F)CC3)C(=O)O[C@]23[C@@H]1CC[C@@]1(C)O[C@@H]31. The molecule has 6 rings (SSSR count). The lowest BCUT2D eigenvalue weighted by Crippen LogP contribution is -2.58. The second kappa shape index (κ2) is 6.92. The summed E-state index contributed by atoms with van der Waals surface area (Å²) < 4.78 is 26.7. The number of fused-ring (bicyclic) bond motifs is 1. The summed E-state index contributed by atoms with van der Waals surface area (Å²) in [7, 11) is 0. The number of nitrogens with zero attached hydrogens (tertiary/aromatic N) is 2. The predicted molar refractivity (Wildman–Crippen MR) is 115 cm³/mol. The minimum absolute atomic E-state index is 0.0135. The highest BCUT2D eigenvalue weighted by Crippen LogP contribution is 2.66. The predicted octanol–water partition coefficient (Wildman–Crippen LogP) is 3.47. The molecule has 168 valence electrons. The van der Waals surface area contributed by atoms with Gasteiger partial charge < -0.3 is 14.4 Å². The quantitative estimate of drug-likeness (QED) is 0.545. The van der Waals surface area contributed by atoms with Crippen LogP contribution in [0.15, 0.2) is 24.3 Å². The van der Waals surface area contributed by atoms with E-state index in [0.29, 0.717) is 17.5 Å². The minimum atomic E-state index is -0.401. The van der Waals surface area contributed by atoms with Crippen LogP contribution in [-0.2, 0) is 14.3 Å². The topological polar surface area (TPSA) is 45.3 Å². The summed E-state index contributed by atoms with van der Waals surface area (Å²) in [6, 6.07) is 6.99. The molecule has 5 aliphatic rings. The van der Waals surface area contributed by atoms with Gasteiger partial charge in [-0.1, -0.05) is 19.1 Å². The van der Waals surface area contributed by atoms with E-state index in [4.69, 9.17) is 9.47 Å². The molecular formula is C25H33FN2O3. The molecule has 2 aliphatic carbocycles. The number of anilines is 1. The first-order valence-corrected chi connectivity index (χ1v) is 12.0. The van der Waals surface area contributed by atoms with Gasteiger partial charge in [-0.15, -0.1) is 0 Å². The molecule has 31 heavy (non-hydrogen) atoms. The number of esters is 1. The first-order chi connectivity index (χ1) is 14.9. The van der Waals surface area contributed by atoms with E-state index in [2.05, 4.69) is 23.6 Å². The molecule has 3 aliphatic heterocycles. The van der Waals surface area contributed by atoms with Gasteiger partial charge in [0, 0.05) is 44.6 Å². The second-order valence-corrected chi connectivity index (χ2v) is 10.7. The molecule has 6 heteroatoms. The Morgan fingerprint density at radius 3 is 2.65 bits per heavy atom. The van der Waals surface area contributed by atoms with Crippen molar-refractivity contribution in [3.63, 3.8) is 0 Å². The van der Waals surface area contributed by atoms with Crippen molar-refractivity contribution in [1.82, 2.24) is 4.90 Å². The summed E-state index contributed by atoms with van der Waals surface area (Å²) in [6.07, 6.45) is 4.50. The zero-order valence-electron chi connectivity index (χ0n) is 18.6. The van der Waals surface area contributed by atoms with Gasteiger partial charge in [0.1, 0.15) is 17.5 Å². The molecule has 1 spiro atoms. The highest BCUT2D eigenvalue weighted by atomic mass is 19.1. The molecule has 0 amide bonds. The Hall–Kier alpha value is -1.66. The maximum Gasteiger partial charge on any atom is 0.311 e. The fraction of sp³-hybridized carbons (Fsp3) is 0.720. The van der Waals surface area contributed by atoms with Crippen molar-refractivity contribution in [2.24, 2.45) is 23.7 Å². The van der Waals surface area contributed by atoms with Gasteiger partial charge in [-0.05, 0) is 50.7 Å². The summed E-state index contributed by atoms with van der Waals surface area (Å²) in [6.45, 7) is 8.52. The highest BCUT2D eigenvalue weighted by molar-refractivity contribution is 5.77. The lowest BCUT2D eigenvalue weighted by molar-refractivity contribution is -0.168. The number of carbonyl (C=O) groups is 1. The lowest BCUT2D eigenvalue weighted by atomic mass is 9.55. The Kier molecular flexibility index (Phi) is 4.46. The van der Waals surface area contributed by atoms with E-state index < -0.39 is 5.60 Å². The van der Waals surface area contributed by atoms with Gasteiger partial charge in [0.05, 0.1) is 17.2 Å². The van der Waals surface area contributed by atoms with E-state index in [-0.39, 0.29) is 35.3 Å². The van der Waals surface area contributed by atoms with Crippen molar-refractivity contribution >= 4 is 11.7 Å². The third kappa shape index (κ3) is 2.90. The molecule has 7 atom stereocenters. The average Bonchev–Trinajstić information content (AvgIpc) is 3.39. The van der Waals surface area contributed by atoms with Gasteiger partial charge in [0.2, 0.25) is 0 Å². The number of para-hydroxylation sites is 1. The average molecular weight is 429 g/mol. The van der Waals surface area contributed by atoms with Crippen LogP contribution in [0.3, 0.4) is 0 Å². The fourth-order valence-electron chi connectivity index (χ4n) is 7.42. The van der Waals surface area contributed by atoms with Crippen LogP contribution in [0.25, 0.3) is 0 Å². The van der Waals surface area contributed by atoms with Crippen LogP contribution in [0.2, 0.25) is 0 Å². The maximum atomic E-state index is 14.2. The van der Waals surface area contributed by atoms with Crippen molar-refractivity contribution in [3.8, 4) is 0 Å². The largest absolute Gasteiger partial charge is 0.455 e. The number of ether oxygens (including phenoxy) is 2. The third-order valence-corrected chi connectivity index (χ3v) is 9.11. The van der Waals surface area contributed by atoms with Crippen molar-refractivity contribution in [2.45, 2.75) is 56.8 Å². The van der Waals surface area contributed by atoms with Crippen LogP contribution in [0.1, 0.15) is 39.5 Å². The molecule has 2 saturated carbocycles. The van der Waals surface area contributed by atoms with E-state index in [1.807, 2.05) is 12.1 Å². The number of hydrogen-bond donors (Lipinski definition) is 0. The molecular weight excluding hydrogens is 395 g/mol. The number of rotatable bonds is 3. The monoisotopic (exact) mass is 428 g/mol. The van der Waals surface area contributed by atoms with Gasteiger partial charge in [-0.2, -0.15) is 0 Å². The van der Waals surface area contributed by atoms with E-state index >= 15 is 0 Å². The summed E-state index contributed by atoms with van der Waals surface area (Å²) in [4.78, 5) is 17.7. The van der Waals surface area contributed by atoms with Gasteiger partial charge in [0.15, 0.2) is 0 Å². The Morgan fingerprint density at radius 2 is 1.87 bits per heavy atom. The van der Waals surface area contributed by atoms with Crippen LogP contribution in [-0.4, -0.2) is 60.9 Å². The normalized spacial score (nSPS) is 44.3. The number of hydrogen-bond acceptors (Lipinski definition) is 5. The molecule has 0 N–H and O–H groups in total. The van der Waals surface area contributed by atoms with Crippen molar-refractivity contribution in [3.05, 3.63) is 30.1 Å².